The number of pyridine rings is 1. The highest BCUT2D eigenvalue weighted by Gasteiger charge is 2.61. The molecule has 3 aromatic rings. The summed E-state index contributed by atoms with van der Waals surface area (Å²) in [4.78, 5) is 32.3. The van der Waals surface area contributed by atoms with Crippen LogP contribution in [0.25, 0.3) is 22.0 Å². The molecule has 40 heavy (non-hydrogen) atoms. The predicted octanol–water partition coefficient (Wildman–Crippen LogP) is 2.79. The summed E-state index contributed by atoms with van der Waals surface area (Å²) in [7, 11) is 3.27. The molecule has 1 heterocycles. The SMILES string of the molecule is CN(C)[C@@H]1C(O)=C(C(N)=O)C(=N)[C@@]2(O)C(O)=C3C(=O)c4c(O)ccc(-c5cnc6ccccc6c5)c4C[C@H]3C[C@@H]12. The number of primary amides is 1. The molecular weight excluding hydrogens is 512 g/mol. The van der Waals surface area contributed by atoms with E-state index in [2.05, 4.69) is 4.98 Å². The average molecular weight is 541 g/mol. The number of nitrogens with zero attached hydrogens (tertiary/aromatic N) is 2. The van der Waals surface area contributed by atoms with Crippen LogP contribution in [0, 0.1) is 17.2 Å². The van der Waals surface area contributed by atoms with Gasteiger partial charge in [-0.1, -0.05) is 24.3 Å². The van der Waals surface area contributed by atoms with Gasteiger partial charge in [-0.15, -0.1) is 0 Å². The molecule has 0 fully saturated rings. The number of aromatic hydroxyl groups is 1. The Bertz CT molecular complexity index is 1720. The molecule has 0 unspecified atom stereocenters. The fourth-order valence-electron chi connectivity index (χ4n) is 6.79. The third kappa shape index (κ3) is 3.36. The van der Waals surface area contributed by atoms with Crippen LogP contribution in [0.5, 0.6) is 5.75 Å². The van der Waals surface area contributed by atoms with Gasteiger partial charge in [0.1, 0.15) is 22.8 Å². The fourth-order valence-corrected chi connectivity index (χ4v) is 6.79. The van der Waals surface area contributed by atoms with Crippen molar-refractivity contribution in [2.24, 2.45) is 17.6 Å². The Morgan fingerprint density at radius 3 is 2.58 bits per heavy atom. The Morgan fingerprint density at radius 1 is 1.15 bits per heavy atom. The fraction of sp³-hybridized carbons (Fsp3) is 0.267. The highest BCUT2D eigenvalue weighted by molar-refractivity contribution is 6.26. The Hall–Kier alpha value is -4.54. The second-order valence-electron chi connectivity index (χ2n) is 10.9. The number of carbonyl (C=O) groups excluding carboxylic acids is 2. The number of benzene rings is 2. The van der Waals surface area contributed by atoms with Gasteiger partial charge in [0.25, 0.3) is 5.91 Å². The number of fused-ring (bicyclic) bond motifs is 4. The van der Waals surface area contributed by atoms with Crippen molar-refractivity contribution in [1.82, 2.24) is 9.88 Å². The number of phenols is 1. The molecule has 4 atom stereocenters. The third-order valence-electron chi connectivity index (χ3n) is 8.57. The monoisotopic (exact) mass is 540 g/mol. The Labute approximate surface area is 229 Å². The largest absolute Gasteiger partial charge is 0.510 e. The molecule has 0 saturated heterocycles. The van der Waals surface area contributed by atoms with Gasteiger partial charge in [-0.25, -0.2) is 0 Å². The quantitative estimate of drug-likeness (QED) is 0.293. The van der Waals surface area contributed by atoms with Gasteiger partial charge in [-0.3, -0.25) is 19.5 Å². The highest BCUT2D eigenvalue weighted by atomic mass is 16.3. The van der Waals surface area contributed by atoms with E-state index in [-0.39, 0.29) is 29.7 Å². The molecule has 3 aliphatic rings. The van der Waals surface area contributed by atoms with Crippen LogP contribution >= 0.6 is 0 Å². The number of allylic oxidation sites excluding steroid dienone is 1. The number of Topliss-reactive ketones (excluding diaryl/α,β-unsaturated/α-hetero) is 1. The second-order valence-corrected chi connectivity index (χ2v) is 10.9. The van der Waals surface area contributed by atoms with Crippen molar-refractivity contribution < 1.29 is 30.0 Å². The minimum atomic E-state index is -2.44. The van der Waals surface area contributed by atoms with Gasteiger partial charge in [-0.05, 0) is 62.2 Å². The maximum absolute atomic E-state index is 14.0. The normalized spacial score (nSPS) is 26.1. The molecule has 6 rings (SSSR count). The van der Waals surface area contributed by atoms with Gasteiger partial charge >= 0.3 is 0 Å². The molecule has 10 nitrogen and oxygen atoms in total. The van der Waals surface area contributed by atoms with Gasteiger partial charge in [0.05, 0.1) is 22.8 Å². The summed E-state index contributed by atoms with van der Waals surface area (Å²) in [6, 6.07) is 11.8. The van der Waals surface area contributed by atoms with E-state index in [9.17, 15) is 30.0 Å². The van der Waals surface area contributed by atoms with Crippen LogP contribution in [0.1, 0.15) is 22.3 Å². The molecular formula is C30H28N4O6. The van der Waals surface area contributed by atoms with E-state index in [0.29, 0.717) is 11.1 Å². The third-order valence-corrected chi connectivity index (χ3v) is 8.57. The molecule has 10 heteroatoms. The zero-order chi connectivity index (χ0) is 28.7. The van der Waals surface area contributed by atoms with Crippen molar-refractivity contribution in [2.45, 2.75) is 24.5 Å². The summed E-state index contributed by atoms with van der Waals surface area (Å²) < 4.78 is 0. The lowest BCUT2D eigenvalue weighted by atomic mass is 9.58. The minimum absolute atomic E-state index is 0.00511. The van der Waals surface area contributed by atoms with Gasteiger partial charge in [0.2, 0.25) is 0 Å². The number of hydrogen-bond acceptors (Lipinski definition) is 9. The number of phenolic OH excluding ortho intramolecular Hbond substituents is 1. The predicted molar refractivity (Wildman–Crippen MR) is 147 cm³/mol. The number of amides is 1. The Kier molecular flexibility index (Phi) is 5.62. The van der Waals surface area contributed by atoms with Gasteiger partial charge in [0, 0.05) is 28.6 Å². The molecule has 0 bridgehead atoms. The zero-order valence-electron chi connectivity index (χ0n) is 21.8. The van der Waals surface area contributed by atoms with Crippen LogP contribution in [0.3, 0.4) is 0 Å². The number of aliphatic hydroxyl groups is 3. The smallest absolute Gasteiger partial charge is 0.254 e. The van der Waals surface area contributed by atoms with Crippen molar-refractivity contribution >= 4 is 28.3 Å². The summed E-state index contributed by atoms with van der Waals surface area (Å²) >= 11 is 0. The van der Waals surface area contributed by atoms with Crippen LogP contribution in [0.2, 0.25) is 0 Å². The first kappa shape index (κ1) is 25.7. The molecule has 1 amide bonds. The van der Waals surface area contributed by atoms with Crippen LogP contribution < -0.4 is 5.73 Å². The number of carbonyl (C=O) groups is 2. The summed E-state index contributed by atoms with van der Waals surface area (Å²) in [5, 5.41) is 54.7. The van der Waals surface area contributed by atoms with Crippen molar-refractivity contribution in [3.8, 4) is 16.9 Å². The molecule has 0 saturated carbocycles. The minimum Gasteiger partial charge on any atom is -0.510 e. The number of hydrogen-bond donors (Lipinski definition) is 6. The lowest BCUT2D eigenvalue weighted by Crippen LogP contribution is -2.63. The van der Waals surface area contributed by atoms with E-state index in [1.807, 2.05) is 30.3 Å². The maximum Gasteiger partial charge on any atom is 0.254 e. The van der Waals surface area contributed by atoms with Crippen molar-refractivity contribution in [2.75, 3.05) is 14.1 Å². The number of nitrogens with one attached hydrogen (secondary N) is 1. The molecule has 0 radical (unpaired) electrons. The first-order chi connectivity index (χ1) is 19.0. The van der Waals surface area contributed by atoms with Gasteiger partial charge in [-0.2, -0.15) is 0 Å². The summed E-state index contributed by atoms with van der Waals surface area (Å²) in [5.74, 6) is -4.86. The summed E-state index contributed by atoms with van der Waals surface area (Å²) in [5.41, 5.74) is 4.39. The molecule has 0 aliphatic heterocycles. The lowest BCUT2D eigenvalue weighted by molar-refractivity contribution is -0.114. The van der Waals surface area contributed by atoms with Crippen molar-refractivity contribution in [3.63, 3.8) is 0 Å². The highest BCUT2D eigenvalue weighted by Crippen LogP contribution is 2.53. The molecule has 204 valence electrons. The van der Waals surface area contributed by atoms with Crippen molar-refractivity contribution in [1.29, 1.82) is 5.41 Å². The zero-order valence-corrected chi connectivity index (χ0v) is 21.8. The first-order valence-corrected chi connectivity index (χ1v) is 12.9. The lowest BCUT2D eigenvalue weighted by Gasteiger charge is -2.51. The summed E-state index contributed by atoms with van der Waals surface area (Å²) in [6.07, 6.45) is 2.05. The van der Waals surface area contributed by atoms with E-state index in [0.717, 1.165) is 16.5 Å². The molecule has 3 aliphatic carbocycles. The van der Waals surface area contributed by atoms with E-state index >= 15 is 0 Å². The van der Waals surface area contributed by atoms with E-state index in [4.69, 9.17) is 11.1 Å². The number of nitrogens with two attached hydrogens (primary N) is 1. The van der Waals surface area contributed by atoms with Gasteiger partial charge in [0.15, 0.2) is 11.4 Å². The number of aromatic nitrogens is 1. The molecule has 2 aromatic carbocycles. The van der Waals surface area contributed by atoms with E-state index in [1.165, 1.54) is 6.07 Å². The first-order valence-electron chi connectivity index (χ1n) is 12.9. The van der Waals surface area contributed by atoms with Crippen LogP contribution in [-0.4, -0.2) is 73.5 Å². The number of ketones is 1. The average Bonchev–Trinajstić information content (AvgIpc) is 2.90. The second kappa shape index (κ2) is 8.73. The Morgan fingerprint density at radius 2 is 1.88 bits per heavy atom. The van der Waals surface area contributed by atoms with Crippen LogP contribution in [0.4, 0.5) is 0 Å². The standard InChI is InChI=1S/C30H28N4O6/c1-34(2)24-18-11-14-10-17-16(15-9-13-5-3-4-6-19(13)33-12-15)7-8-20(35)22(17)25(36)21(14)28(38)30(18,40)27(31)23(26(24)37)29(32)39/h3-9,12,14,18,24,31,35,37-38,40H,10-11H2,1-2H3,(H2,32,39)/t14-,18-,24-,30+/m0/s1. The molecule has 7 N–H and O–H groups in total. The topological polar surface area (TPSA) is 181 Å². The number of likely N-dealkylation sites (N-methyl/N-ethyl adjacent to an activating group) is 1. The number of aliphatic hydroxyl groups excluding tert-OH is 2. The summed E-state index contributed by atoms with van der Waals surface area (Å²) in [6.45, 7) is 0. The Balaban J connectivity index is 1.54. The maximum atomic E-state index is 14.0. The van der Waals surface area contributed by atoms with Crippen LogP contribution in [0.15, 0.2) is 71.3 Å². The number of para-hydroxylation sites is 1. The van der Waals surface area contributed by atoms with Gasteiger partial charge < -0.3 is 31.6 Å². The number of rotatable bonds is 3. The van der Waals surface area contributed by atoms with E-state index in [1.54, 1.807) is 31.3 Å². The van der Waals surface area contributed by atoms with Crippen LogP contribution in [-0.2, 0) is 11.2 Å². The molecule has 1 aromatic heterocycles. The van der Waals surface area contributed by atoms with Crippen molar-refractivity contribution in [3.05, 3.63) is 82.5 Å². The molecule has 0 spiro atoms. The van der Waals surface area contributed by atoms with E-state index < -0.39 is 58.0 Å².